The summed E-state index contributed by atoms with van der Waals surface area (Å²) >= 11 is 0. The van der Waals surface area contributed by atoms with Crippen LogP contribution in [0.1, 0.15) is 43.5 Å². The number of carbonyl (C=O) groups is 1. The maximum absolute atomic E-state index is 10.8. The molecule has 0 aliphatic rings. The molecule has 3 N–H and O–H groups in total. The van der Waals surface area contributed by atoms with Gasteiger partial charge in [0, 0.05) is 6.04 Å². The fraction of sp³-hybridized carbons (Fsp3) is 0.583. The van der Waals surface area contributed by atoms with Gasteiger partial charge >= 0.3 is 0 Å². The number of nitrogens with one attached hydrogen (secondary N) is 1. The Morgan fingerprint density at radius 2 is 2.12 bits per heavy atom. The molecule has 0 fully saturated rings. The van der Waals surface area contributed by atoms with Crippen molar-refractivity contribution in [3.63, 3.8) is 0 Å². The summed E-state index contributed by atoms with van der Waals surface area (Å²) < 4.78 is 5.26. The Balaban J connectivity index is 2.39. The summed E-state index contributed by atoms with van der Waals surface area (Å²) in [7, 11) is 0. The van der Waals surface area contributed by atoms with E-state index in [0.29, 0.717) is 18.5 Å². The smallest absolute Gasteiger partial charge is 0.284 e. The lowest BCUT2D eigenvalue weighted by Crippen LogP contribution is -2.26. The zero-order valence-electron chi connectivity index (χ0n) is 10.1. The van der Waals surface area contributed by atoms with Crippen molar-refractivity contribution in [2.45, 2.75) is 39.8 Å². The van der Waals surface area contributed by atoms with Gasteiger partial charge in [0.1, 0.15) is 5.76 Å². The van der Waals surface area contributed by atoms with Crippen molar-refractivity contribution in [3.8, 4) is 0 Å². The van der Waals surface area contributed by atoms with Gasteiger partial charge < -0.3 is 15.5 Å². The third-order valence-corrected chi connectivity index (χ3v) is 2.35. The van der Waals surface area contributed by atoms with Crippen LogP contribution in [0.3, 0.4) is 0 Å². The molecule has 0 aliphatic carbocycles. The van der Waals surface area contributed by atoms with Crippen LogP contribution in [0.15, 0.2) is 16.5 Å². The summed E-state index contributed by atoms with van der Waals surface area (Å²) in [6.07, 6.45) is 1.11. The summed E-state index contributed by atoms with van der Waals surface area (Å²) in [5.74, 6) is 1.10. The standard InChI is InChI=1S/C12H20N2O2/c1-8(2)6-9(3)14-7-10-4-5-11(16-10)12(13)15/h4-5,8-9,14H,6-7H2,1-3H3,(H2,13,15)/t9-/m1/s1. The second-order valence-electron chi connectivity index (χ2n) is 4.54. The van der Waals surface area contributed by atoms with Gasteiger partial charge in [0.15, 0.2) is 5.76 Å². The van der Waals surface area contributed by atoms with Crippen LogP contribution in [-0.2, 0) is 6.54 Å². The molecule has 0 saturated carbocycles. The molecule has 0 saturated heterocycles. The van der Waals surface area contributed by atoms with E-state index in [0.717, 1.165) is 12.2 Å². The van der Waals surface area contributed by atoms with E-state index in [1.165, 1.54) is 0 Å². The highest BCUT2D eigenvalue weighted by Gasteiger charge is 2.08. The topological polar surface area (TPSA) is 68.3 Å². The highest BCUT2D eigenvalue weighted by Crippen LogP contribution is 2.09. The maximum atomic E-state index is 10.8. The quantitative estimate of drug-likeness (QED) is 0.775. The van der Waals surface area contributed by atoms with Crippen LogP contribution in [0.4, 0.5) is 0 Å². The lowest BCUT2D eigenvalue weighted by molar-refractivity contribution is 0.0972. The highest BCUT2D eigenvalue weighted by atomic mass is 16.3. The van der Waals surface area contributed by atoms with Gasteiger partial charge in [0.05, 0.1) is 6.54 Å². The average Bonchev–Trinajstić information content (AvgIpc) is 2.61. The largest absolute Gasteiger partial charge is 0.455 e. The van der Waals surface area contributed by atoms with Crippen molar-refractivity contribution in [2.24, 2.45) is 11.7 Å². The lowest BCUT2D eigenvalue weighted by Gasteiger charge is -2.14. The highest BCUT2D eigenvalue weighted by molar-refractivity contribution is 5.89. The summed E-state index contributed by atoms with van der Waals surface area (Å²) in [6.45, 7) is 7.14. The number of hydrogen-bond acceptors (Lipinski definition) is 3. The van der Waals surface area contributed by atoms with Crippen LogP contribution in [0, 0.1) is 5.92 Å². The first kappa shape index (κ1) is 12.8. The number of amides is 1. The molecular formula is C12H20N2O2. The molecule has 0 spiro atoms. The maximum Gasteiger partial charge on any atom is 0.284 e. The number of nitrogens with two attached hydrogens (primary N) is 1. The molecule has 16 heavy (non-hydrogen) atoms. The fourth-order valence-electron chi connectivity index (χ4n) is 1.67. The molecule has 0 radical (unpaired) electrons. The van der Waals surface area contributed by atoms with Crippen LogP contribution in [-0.4, -0.2) is 11.9 Å². The summed E-state index contributed by atoms with van der Waals surface area (Å²) in [5, 5.41) is 3.34. The zero-order valence-corrected chi connectivity index (χ0v) is 10.1. The van der Waals surface area contributed by atoms with Crippen LogP contribution in [0.25, 0.3) is 0 Å². The van der Waals surface area contributed by atoms with E-state index in [-0.39, 0.29) is 5.76 Å². The van der Waals surface area contributed by atoms with Crippen molar-refractivity contribution in [1.82, 2.24) is 5.32 Å². The van der Waals surface area contributed by atoms with Crippen molar-refractivity contribution < 1.29 is 9.21 Å². The van der Waals surface area contributed by atoms with E-state index in [9.17, 15) is 4.79 Å². The summed E-state index contributed by atoms with van der Waals surface area (Å²) in [6, 6.07) is 3.81. The van der Waals surface area contributed by atoms with Crippen molar-refractivity contribution in [3.05, 3.63) is 23.7 Å². The van der Waals surface area contributed by atoms with Gasteiger partial charge in [-0.05, 0) is 31.4 Å². The van der Waals surface area contributed by atoms with Gasteiger partial charge in [0.2, 0.25) is 0 Å². The summed E-state index contributed by atoms with van der Waals surface area (Å²) in [4.78, 5) is 10.8. The molecule has 1 aromatic heterocycles. The van der Waals surface area contributed by atoms with Crippen LogP contribution < -0.4 is 11.1 Å². The van der Waals surface area contributed by atoms with Crippen molar-refractivity contribution >= 4 is 5.91 Å². The molecule has 4 heteroatoms. The first-order valence-electron chi connectivity index (χ1n) is 5.61. The van der Waals surface area contributed by atoms with E-state index >= 15 is 0 Å². The molecule has 1 rings (SSSR count). The van der Waals surface area contributed by atoms with Crippen molar-refractivity contribution in [2.75, 3.05) is 0 Å². The Morgan fingerprint density at radius 1 is 1.44 bits per heavy atom. The predicted octanol–water partition coefficient (Wildman–Crippen LogP) is 1.90. The van der Waals surface area contributed by atoms with E-state index in [1.54, 1.807) is 12.1 Å². The zero-order chi connectivity index (χ0) is 12.1. The first-order chi connectivity index (χ1) is 7.49. The predicted molar refractivity (Wildman–Crippen MR) is 63.0 cm³/mol. The minimum Gasteiger partial charge on any atom is -0.455 e. The normalized spacial score (nSPS) is 13.0. The molecular weight excluding hydrogens is 204 g/mol. The molecule has 0 aromatic carbocycles. The van der Waals surface area contributed by atoms with E-state index in [1.807, 2.05) is 0 Å². The van der Waals surface area contributed by atoms with Gasteiger partial charge in [-0.1, -0.05) is 13.8 Å². The Kier molecular flexibility index (Phi) is 4.55. The van der Waals surface area contributed by atoms with E-state index in [4.69, 9.17) is 10.2 Å². The molecule has 90 valence electrons. The van der Waals surface area contributed by atoms with Gasteiger partial charge in [-0.25, -0.2) is 0 Å². The van der Waals surface area contributed by atoms with Crippen LogP contribution in [0.5, 0.6) is 0 Å². The third-order valence-electron chi connectivity index (χ3n) is 2.35. The molecule has 1 amide bonds. The average molecular weight is 224 g/mol. The number of furan rings is 1. The first-order valence-corrected chi connectivity index (χ1v) is 5.61. The van der Waals surface area contributed by atoms with Crippen LogP contribution >= 0.6 is 0 Å². The molecule has 1 heterocycles. The minimum absolute atomic E-state index is 0.216. The SMILES string of the molecule is CC(C)C[C@@H](C)NCc1ccc(C(N)=O)o1. The van der Waals surface area contributed by atoms with Gasteiger partial charge in [-0.15, -0.1) is 0 Å². The molecule has 0 unspecified atom stereocenters. The number of primary amides is 1. The second-order valence-corrected chi connectivity index (χ2v) is 4.54. The minimum atomic E-state index is -0.526. The molecule has 1 aromatic rings. The molecule has 0 bridgehead atoms. The Morgan fingerprint density at radius 3 is 2.62 bits per heavy atom. The lowest BCUT2D eigenvalue weighted by atomic mass is 10.1. The molecule has 4 nitrogen and oxygen atoms in total. The van der Waals surface area contributed by atoms with Crippen LogP contribution in [0.2, 0.25) is 0 Å². The van der Waals surface area contributed by atoms with Gasteiger partial charge in [-0.2, -0.15) is 0 Å². The van der Waals surface area contributed by atoms with E-state index in [2.05, 4.69) is 26.1 Å². The van der Waals surface area contributed by atoms with Crippen molar-refractivity contribution in [1.29, 1.82) is 0 Å². The summed E-state index contributed by atoms with van der Waals surface area (Å²) in [5.41, 5.74) is 5.10. The van der Waals surface area contributed by atoms with Gasteiger partial charge in [0.25, 0.3) is 5.91 Å². The Hall–Kier alpha value is -1.29. The number of hydrogen-bond donors (Lipinski definition) is 2. The van der Waals surface area contributed by atoms with Gasteiger partial charge in [-0.3, -0.25) is 4.79 Å². The second kappa shape index (κ2) is 5.70. The number of carbonyl (C=O) groups excluding carboxylic acids is 1. The molecule has 1 atom stereocenters. The fourth-order valence-corrected chi connectivity index (χ4v) is 1.67. The molecule has 0 aliphatic heterocycles. The Bertz CT molecular complexity index is 345. The third kappa shape index (κ3) is 4.06. The monoisotopic (exact) mass is 224 g/mol. The number of rotatable bonds is 6. The van der Waals surface area contributed by atoms with E-state index < -0.39 is 5.91 Å². The Labute approximate surface area is 96.2 Å².